The lowest BCUT2D eigenvalue weighted by Crippen LogP contribution is -2.21. The quantitative estimate of drug-likeness (QED) is 0.691. The van der Waals surface area contributed by atoms with Crippen molar-refractivity contribution in [2.75, 3.05) is 12.9 Å². The minimum Gasteiger partial charge on any atom is -0.372 e. The lowest BCUT2D eigenvalue weighted by molar-refractivity contribution is 0.000420. The second-order valence-corrected chi connectivity index (χ2v) is 6.21. The van der Waals surface area contributed by atoms with E-state index in [1.165, 1.54) is 19.3 Å². The number of hydrogen-bond acceptors (Lipinski definition) is 4. The van der Waals surface area contributed by atoms with Crippen LogP contribution in [0.2, 0.25) is 0 Å². The molecule has 5 heteroatoms. The Morgan fingerprint density at radius 1 is 1.33 bits per heavy atom. The summed E-state index contributed by atoms with van der Waals surface area (Å²) in [5, 5.41) is 0. The zero-order valence-corrected chi connectivity index (χ0v) is 9.83. The first-order chi connectivity index (χ1) is 7.04. The molecule has 1 saturated heterocycles. The van der Waals surface area contributed by atoms with Crippen LogP contribution in [0.5, 0.6) is 0 Å². The number of rotatable bonds is 3. The minimum atomic E-state index is -3.32. The number of hydrogen-bond donors (Lipinski definition) is 0. The molecular formula is C10H18O4S. The predicted molar refractivity (Wildman–Crippen MR) is 56.0 cm³/mol. The molecule has 0 aromatic rings. The van der Waals surface area contributed by atoms with Gasteiger partial charge in [-0.25, -0.2) is 0 Å². The van der Waals surface area contributed by atoms with Gasteiger partial charge < -0.3 is 4.74 Å². The van der Waals surface area contributed by atoms with Gasteiger partial charge in [0.1, 0.15) is 0 Å². The first kappa shape index (κ1) is 11.4. The highest BCUT2D eigenvalue weighted by Gasteiger charge is 2.36. The third kappa shape index (κ3) is 3.16. The summed E-state index contributed by atoms with van der Waals surface area (Å²) in [6.07, 6.45) is 7.24. The Morgan fingerprint density at radius 3 is 2.73 bits per heavy atom. The van der Waals surface area contributed by atoms with E-state index in [4.69, 9.17) is 8.92 Å². The van der Waals surface area contributed by atoms with Gasteiger partial charge >= 0.3 is 0 Å². The Labute approximate surface area is 91.1 Å². The minimum absolute atomic E-state index is 0.0205. The SMILES string of the molecule is CS(=O)(=O)OCC1CC2CCCCC2O1. The molecule has 0 aromatic heterocycles. The lowest BCUT2D eigenvalue weighted by Gasteiger charge is -2.23. The lowest BCUT2D eigenvalue weighted by atomic mass is 9.85. The maximum atomic E-state index is 10.8. The van der Waals surface area contributed by atoms with Crippen molar-refractivity contribution in [1.82, 2.24) is 0 Å². The highest BCUT2D eigenvalue weighted by atomic mass is 32.2. The van der Waals surface area contributed by atoms with Crippen molar-refractivity contribution in [1.29, 1.82) is 0 Å². The van der Waals surface area contributed by atoms with Gasteiger partial charge in [-0.3, -0.25) is 4.18 Å². The standard InChI is InChI=1S/C10H18O4S/c1-15(11,12)13-7-9-6-8-4-2-3-5-10(8)14-9/h8-10H,2-7H2,1H3. The molecule has 2 fully saturated rings. The summed E-state index contributed by atoms with van der Waals surface area (Å²) in [7, 11) is -3.32. The van der Waals surface area contributed by atoms with Gasteiger partial charge in [-0.15, -0.1) is 0 Å². The van der Waals surface area contributed by atoms with Gasteiger partial charge in [0.2, 0.25) is 0 Å². The Balaban J connectivity index is 1.81. The van der Waals surface area contributed by atoms with Crippen LogP contribution in [0.25, 0.3) is 0 Å². The number of ether oxygens (including phenoxy) is 1. The smallest absolute Gasteiger partial charge is 0.264 e. The molecule has 0 aromatic carbocycles. The second kappa shape index (κ2) is 4.39. The molecule has 2 aliphatic rings. The molecule has 4 nitrogen and oxygen atoms in total. The molecule has 1 aliphatic heterocycles. The van der Waals surface area contributed by atoms with Crippen molar-refractivity contribution in [3.63, 3.8) is 0 Å². The van der Waals surface area contributed by atoms with Crippen molar-refractivity contribution in [3.05, 3.63) is 0 Å². The van der Waals surface area contributed by atoms with E-state index in [1.807, 2.05) is 0 Å². The van der Waals surface area contributed by atoms with Gasteiger partial charge in [0.15, 0.2) is 0 Å². The van der Waals surface area contributed by atoms with Crippen LogP contribution in [-0.2, 0) is 19.0 Å². The van der Waals surface area contributed by atoms with E-state index < -0.39 is 10.1 Å². The van der Waals surface area contributed by atoms with Crippen molar-refractivity contribution in [2.24, 2.45) is 5.92 Å². The van der Waals surface area contributed by atoms with Crippen LogP contribution in [0.1, 0.15) is 32.1 Å². The van der Waals surface area contributed by atoms with E-state index >= 15 is 0 Å². The molecule has 1 saturated carbocycles. The Morgan fingerprint density at radius 2 is 2.07 bits per heavy atom. The highest BCUT2D eigenvalue weighted by molar-refractivity contribution is 7.85. The summed E-state index contributed by atoms with van der Waals surface area (Å²) in [6, 6.07) is 0. The fraction of sp³-hybridized carbons (Fsp3) is 1.00. The number of fused-ring (bicyclic) bond motifs is 1. The van der Waals surface area contributed by atoms with Crippen LogP contribution < -0.4 is 0 Å². The maximum Gasteiger partial charge on any atom is 0.264 e. The summed E-state index contributed by atoms with van der Waals surface area (Å²) in [5.74, 6) is 0.631. The maximum absolute atomic E-state index is 10.8. The van der Waals surface area contributed by atoms with Gasteiger partial charge in [0.25, 0.3) is 10.1 Å². The summed E-state index contributed by atoms with van der Waals surface area (Å²) < 4.78 is 32.2. The first-order valence-corrected chi connectivity index (χ1v) is 7.36. The van der Waals surface area contributed by atoms with Gasteiger partial charge in [-0.1, -0.05) is 12.8 Å². The molecule has 0 bridgehead atoms. The zero-order chi connectivity index (χ0) is 10.9. The van der Waals surface area contributed by atoms with E-state index in [2.05, 4.69) is 0 Å². The molecule has 0 amide bonds. The summed E-state index contributed by atoms with van der Waals surface area (Å²) >= 11 is 0. The van der Waals surface area contributed by atoms with Crippen LogP contribution in [0.15, 0.2) is 0 Å². The third-order valence-corrected chi connectivity index (χ3v) is 3.80. The van der Waals surface area contributed by atoms with Gasteiger partial charge in [-0.2, -0.15) is 8.42 Å². The highest BCUT2D eigenvalue weighted by Crippen LogP contribution is 2.37. The molecule has 15 heavy (non-hydrogen) atoms. The normalized spacial score (nSPS) is 36.5. The zero-order valence-electron chi connectivity index (χ0n) is 9.02. The Hall–Kier alpha value is -0.130. The van der Waals surface area contributed by atoms with Gasteiger partial charge in [0.05, 0.1) is 25.1 Å². The third-order valence-electron chi connectivity index (χ3n) is 3.24. The van der Waals surface area contributed by atoms with E-state index in [0.717, 1.165) is 19.1 Å². The molecule has 0 N–H and O–H groups in total. The fourth-order valence-corrected chi connectivity index (χ4v) is 2.97. The van der Waals surface area contributed by atoms with Crippen LogP contribution >= 0.6 is 0 Å². The first-order valence-electron chi connectivity index (χ1n) is 5.54. The molecule has 1 heterocycles. The van der Waals surface area contributed by atoms with Crippen LogP contribution in [0.4, 0.5) is 0 Å². The monoisotopic (exact) mass is 234 g/mol. The molecule has 1 aliphatic carbocycles. The average molecular weight is 234 g/mol. The molecule has 3 atom stereocenters. The van der Waals surface area contributed by atoms with E-state index in [1.54, 1.807) is 0 Å². The topological polar surface area (TPSA) is 52.6 Å². The molecular weight excluding hydrogens is 216 g/mol. The van der Waals surface area contributed by atoms with Gasteiger partial charge in [0, 0.05) is 0 Å². The van der Waals surface area contributed by atoms with E-state index in [0.29, 0.717) is 12.0 Å². The summed E-state index contributed by atoms with van der Waals surface area (Å²) in [6.45, 7) is 0.186. The fourth-order valence-electron chi connectivity index (χ4n) is 2.57. The largest absolute Gasteiger partial charge is 0.372 e. The van der Waals surface area contributed by atoms with Crippen molar-refractivity contribution in [2.45, 2.75) is 44.3 Å². The molecule has 2 rings (SSSR count). The van der Waals surface area contributed by atoms with E-state index in [-0.39, 0.29) is 12.7 Å². The summed E-state index contributed by atoms with van der Waals surface area (Å²) in [4.78, 5) is 0. The molecule has 88 valence electrons. The Bertz CT molecular complexity index is 297. The molecule has 3 unspecified atom stereocenters. The molecule has 0 spiro atoms. The average Bonchev–Trinajstić information content (AvgIpc) is 2.56. The van der Waals surface area contributed by atoms with Crippen molar-refractivity contribution < 1.29 is 17.3 Å². The van der Waals surface area contributed by atoms with E-state index in [9.17, 15) is 8.42 Å². The Kier molecular flexibility index (Phi) is 3.33. The van der Waals surface area contributed by atoms with Crippen molar-refractivity contribution >= 4 is 10.1 Å². The van der Waals surface area contributed by atoms with Gasteiger partial charge in [-0.05, 0) is 25.2 Å². The summed E-state index contributed by atoms with van der Waals surface area (Å²) in [5.41, 5.74) is 0. The second-order valence-electron chi connectivity index (χ2n) is 4.57. The van der Waals surface area contributed by atoms with Crippen LogP contribution in [0, 0.1) is 5.92 Å². The van der Waals surface area contributed by atoms with Crippen molar-refractivity contribution in [3.8, 4) is 0 Å². The molecule has 0 radical (unpaired) electrons. The van der Waals surface area contributed by atoms with Crippen LogP contribution in [0.3, 0.4) is 0 Å². The predicted octanol–water partition coefficient (Wildman–Crippen LogP) is 1.31. The van der Waals surface area contributed by atoms with Crippen LogP contribution in [-0.4, -0.2) is 33.5 Å².